The molecule has 3 aromatic rings. The third-order valence-corrected chi connectivity index (χ3v) is 6.20. The van der Waals surface area contributed by atoms with E-state index in [-0.39, 0.29) is 0 Å². The quantitative estimate of drug-likeness (QED) is 0.422. The Bertz CT molecular complexity index is 954. The average Bonchev–Trinajstić information content (AvgIpc) is 3.00. The highest BCUT2D eigenvalue weighted by molar-refractivity contribution is 6.35. The summed E-state index contributed by atoms with van der Waals surface area (Å²) in [5.41, 5.74) is 5.39. The smallest absolute Gasteiger partial charge is 0.0840 e. The maximum atomic E-state index is 6.53. The summed E-state index contributed by atoms with van der Waals surface area (Å²) in [6.45, 7) is 2.17. The number of hydrogen-bond acceptors (Lipinski definition) is 1. The van der Waals surface area contributed by atoms with Gasteiger partial charge in [0.2, 0.25) is 0 Å². The molecule has 0 N–H and O–H groups in total. The van der Waals surface area contributed by atoms with Gasteiger partial charge in [0.05, 0.1) is 22.1 Å². The minimum absolute atomic E-state index is 0.511. The first-order valence-corrected chi connectivity index (χ1v) is 10.5. The van der Waals surface area contributed by atoms with Crippen LogP contribution in [0.25, 0.3) is 16.9 Å². The first kappa shape index (κ1) is 18.9. The molecule has 0 bridgehead atoms. The number of rotatable bonds is 3. The van der Waals surface area contributed by atoms with Crippen LogP contribution in [0.2, 0.25) is 15.1 Å². The van der Waals surface area contributed by atoms with Crippen LogP contribution < -0.4 is 0 Å². The van der Waals surface area contributed by atoms with Gasteiger partial charge in [-0.25, -0.2) is 4.68 Å². The van der Waals surface area contributed by atoms with Gasteiger partial charge in [-0.3, -0.25) is 0 Å². The molecule has 0 spiro atoms. The second-order valence-electron chi connectivity index (χ2n) is 7.21. The van der Waals surface area contributed by atoms with Crippen LogP contribution in [0.4, 0.5) is 0 Å². The molecule has 140 valence electrons. The minimum atomic E-state index is 0.511. The van der Waals surface area contributed by atoms with E-state index in [4.69, 9.17) is 39.9 Å². The zero-order valence-electron chi connectivity index (χ0n) is 15.2. The molecule has 0 atom stereocenters. The van der Waals surface area contributed by atoms with Crippen LogP contribution in [-0.2, 0) is 0 Å². The molecule has 27 heavy (non-hydrogen) atoms. The molecule has 0 radical (unpaired) electrons. The van der Waals surface area contributed by atoms with Gasteiger partial charge >= 0.3 is 0 Å². The van der Waals surface area contributed by atoms with Crippen LogP contribution in [-0.4, -0.2) is 9.78 Å². The summed E-state index contributed by atoms with van der Waals surface area (Å²) in [5, 5.41) is 6.98. The summed E-state index contributed by atoms with van der Waals surface area (Å²) in [6.07, 6.45) is 6.27. The normalized spacial score (nSPS) is 15.3. The SMILES string of the molecule is Cc1c(C2CCCCC2)nn(-c2ccc(Cl)cc2Cl)c1-c1ccc(Cl)cc1. The zero-order valence-corrected chi connectivity index (χ0v) is 17.5. The Kier molecular flexibility index (Phi) is 5.50. The topological polar surface area (TPSA) is 17.8 Å². The standard InChI is InChI=1S/C22H21Cl3N2/c1-14-21(15-5-3-2-4-6-15)26-27(20-12-11-18(24)13-19(20)25)22(14)16-7-9-17(23)10-8-16/h7-13,15H,2-6H2,1H3. The molecule has 1 aliphatic carbocycles. The highest BCUT2D eigenvalue weighted by atomic mass is 35.5. The van der Waals surface area contributed by atoms with Crippen LogP contribution in [0.1, 0.15) is 49.3 Å². The van der Waals surface area contributed by atoms with E-state index >= 15 is 0 Å². The van der Waals surface area contributed by atoms with E-state index in [2.05, 4.69) is 6.92 Å². The van der Waals surface area contributed by atoms with Gasteiger partial charge in [-0.15, -0.1) is 0 Å². The molecule has 1 aromatic heterocycles. The third-order valence-electron chi connectivity index (χ3n) is 5.41. The van der Waals surface area contributed by atoms with Crippen molar-refractivity contribution in [2.45, 2.75) is 44.9 Å². The molecule has 4 rings (SSSR count). The summed E-state index contributed by atoms with van der Waals surface area (Å²) in [7, 11) is 0. The lowest BCUT2D eigenvalue weighted by molar-refractivity contribution is 0.434. The molecular formula is C22H21Cl3N2. The first-order chi connectivity index (χ1) is 13.0. The van der Waals surface area contributed by atoms with E-state index in [1.807, 2.05) is 41.1 Å². The summed E-state index contributed by atoms with van der Waals surface area (Å²) in [4.78, 5) is 0. The van der Waals surface area contributed by atoms with Crippen molar-refractivity contribution in [3.8, 4) is 16.9 Å². The van der Waals surface area contributed by atoms with Gasteiger partial charge < -0.3 is 0 Å². The Morgan fingerprint density at radius 2 is 1.56 bits per heavy atom. The number of nitrogens with zero attached hydrogens (tertiary/aromatic N) is 2. The highest BCUT2D eigenvalue weighted by Gasteiger charge is 2.25. The van der Waals surface area contributed by atoms with Gasteiger partial charge in [0.1, 0.15) is 0 Å². The molecule has 0 saturated heterocycles. The van der Waals surface area contributed by atoms with E-state index < -0.39 is 0 Å². The van der Waals surface area contributed by atoms with Gasteiger partial charge in [-0.1, -0.05) is 66.2 Å². The van der Waals surface area contributed by atoms with E-state index in [0.29, 0.717) is 16.0 Å². The summed E-state index contributed by atoms with van der Waals surface area (Å²) >= 11 is 18.7. The lowest BCUT2D eigenvalue weighted by Crippen LogP contribution is -2.07. The fraction of sp³-hybridized carbons (Fsp3) is 0.318. The molecule has 2 aromatic carbocycles. The Labute approximate surface area is 175 Å². The number of hydrogen-bond donors (Lipinski definition) is 0. The largest absolute Gasteiger partial charge is 0.231 e. The minimum Gasteiger partial charge on any atom is -0.231 e. The van der Waals surface area contributed by atoms with Gasteiger partial charge in [0.15, 0.2) is 0 Å². The van der Waals surface area contributed by atoms with Gasteiger partial charge in [0, 0.05) is 21.5 Å². The van der Waals surface area contributed by atoms with Crippen molar-refractivity contribution >= 4 is 34.8 Å². The van der Waals surface area contributed by atoms with Crippen molar-refractivity contribution in [3.05, 3.63) is 68.8 Å². The van der Waals surface area contributed by atoms with Crippen LogP contribution in [0.15, 0.2) is 42.5 Å². The predicted molar refractivity (Wildman–Crippen MR) is 115 cm³/mol. The molecule has 0 aliphatic heterocycles. The Morgan fingerprint density at radius 3 is 2.22 bits per heavy atom. The maximum absolute atomic E-state index is 6.53. The fourth-order valence-electron chi connectivity index (χ4n) is 4.05. The summed E-state index contributed by atoms with van der Waals surface area (Å²) in [6, 6.07) is 13.5. The molecule has 0 amide bonds. The van der Waals surface area contributed by atoms with E-state index in [1.165, 1.54) is 43.4 Å². The van der Waals surface area contributed by atoms with Crippen molar-refractivity contribution in [2.75, 3.05) is 0 Å². The van der Waals surface area contributed by atoms with Gasteiger partial charge in [0.25, 0.3) is 0 Å². The Hall–Kier alpha value is -1.48. The lowest BCUT2D eigenvalue weighted by atomic mass is 9.85. The molecule has 0 unspecified atom stereocenters. The van der Waals surface area contributed by atoms with E-state index in [1.54, 1.807) is 6.07 Å². The Balaban J connectivity index is 1.91. The predicted octanol–water partition coefficient (Wildman–Crippen LogP) is 7.86. The van der Waals surface area contributed by atoms with Crippen LogP contribution in [0.5, 0.6) is 0 Å². The van der Waals surface area contributed by atoms with Crippen molar-refractivity contribution in [1.82, 2.24) is 9.78 Å². The highest BCUT2D eigenvalue weighted by Crippen LogP contribution is 2.39. The monoisotopic (exact) mass is 418 g/mol. The fourth-order valence-corrected chi connectivity index (χ4v) is 4.67. The molecule has 1 saturated carbocycles. The zero-order chi connectivity index (χ0) is 19.0. The molecular weight excluding hydrogens is 399 g/mol. The molecule has 2 nitrogen and oxygen atoms in total. The summed E-state index contributed by atoms with van der Waals surface area (Å²) in [5.74, 6) is 0.511. The van der Waals surface area contributed by atoms with Gasteiger partial charge in [-0.2, -0.15) is 5.10 Å². The third kappa shape index (κ3) is 3.76. The Morgan fingerprint density at radius 1 is 0.889 bits per heavy atom. The number of aromatic nitrogens is 2. The molecule has 1 aliphatic rings. The average molecular weight is 420 g/mol. The lowest BCUT2D eigenvalue weighted by Gasteiger charge is -2.20. The molecule has 1 fully saturated rings. The van der Waals surface area contributed by atoms with Crippen molar-refractivity contribution in [1.29, 1.82) is 0 Å². The van der Waals surface area contributed by atoms with Gasteiger partial charge in [-0.05, 0) is 55.7 Å². The van der Waals surface area contributed by atoms with Crippen molar-refractivity contribution in [3.63, 3.8) is 0 Å². The molecule has 5 heteroatoms. The second-order valence-corrected chi connectivity index (χ2v) is 8.49. The first-order valence-electron chi connectivity index (χ1n) is 9.35. The second kappa shape index (κ2) is 7.87. The van der Waals surface area contributed by atoms with Crippen molar-refractivity contribution < 1.29 is 0 Å². The van der Waals surface area contributed by atoms with Crippen LogP contribution in [0, 0.1) is 6.92 Å². The van der Waals surface area contributed by atoms with Crippen LogP contribution >= 0.6 is 34.8 Å². The van der Waals surface area contributed by atoms with Crippen molar-refractivity contribution in [2.24, 2.45) is 0 Å². The van der Waals surface area contributed by atoms with E-state index in [9.17, 15) is 0 Å². The number of benzene rings is 2. The van der Waals surface area contributed by atoms with Crippen LogP contribution in [0.3, 0.4) is 0 Å². The summed E-state index contributed by atoms with van der Waals surface area (Å²) < 4.78 is 1.97. The maximum Gasteiger partial charge on any atom is 0.0840 e. The number of halogens is 3. The van der Waals surface area contributed by atoms with E-state index in [0.717, 1.165) is 22.0 Å². The molecule has 1 heterocycles.